The Bertz CT molecular complexity index is 748. The van der Waals surface area contributed by atoms with Gasteiger partial charge in [-0.25, -0.2) is 8.42 Å². The van der Waals surface area contributed by atoms with Gasteiger partial charge in [-0.3, -0.25) is 4.79 Å². The standard InChI is InChI=1S/C16H15NO3S/c1-13-7-9-15(10-8-13)21(19,20)16(11-17-12-18)14-5-3-2-4-6-14/h2-12H,1H3,(H,17,18). The number of hydrogen-bond acceptors (Lipinski definition) is 3. The Morgan fingerprint density at radius 3 is 2.19 bits per heavy atom. The molecule has 2 aromatic rings. The van der Waals surface area contributed by atoms with Gasteiger partial charge in [0.2, 0.25) is 16.2 Å². The third-order valence-corrected chi connectivity index (χ3v) is 4.79. The second kappa shape index (κ2) is 6.37. The molecule has 108 valence electrons. The average molecular weight is 301 g/mol. The molecule has 1 N–H and O–H groups in total. The number of nitrogens with one attached hydrogen (secondary N) is 1. The van der Waals surface area contributed by atoms with E-state index in [9.17, 15) is 13.2 Å². The molecular formula is C16H15NO3S. The van der Waals surface area contributed by atoms with Crippen molar-refractivity contribution in [1.29, 1.82) is 0 Å². The van der Waals surface area contributed by atoms with Crippen LogP contribution in [0.2, 0.25) is 0 Å². The SMILES string of the molecule is Cc1ccc(S(=O)(=O)C(=CNC=O)c2ccccc2)cc1. The molecule has 0 aliphatic heterocycles. The Balaban J connectivity index is 2.55. The van der Waals surface area contributed by atoms with Crippen molar-refractivity contribution in [2.24, 2.45) is 0 Å². The third kappa shape index (κ3) is 3.38. The Hall–Kier alpha value is -2.40. The van der Waals surface area contributed by atoms with Gasteiger partial charge in [0, 0.05) is 6.20 Å². The van der Waals surface area contributed by atoms with E-state index in [2.05, 4.69) is 5.32 Å². The number of benzene rings is 2. The summed E-state index contributed by atoms with van der Waals surface area (Å²) >= 11 is 0. The first-order valence-corrected chi connectivity index (χ1v) is 7.81. The molecule has 5 heteroatoms. The quantitative estimate of drug-likeness (QED) is 0.863. The van der Waals surface area contributed by atoms with Crippen LogP contribution in [0.25, 0.3) is 4.91 Å². The Labute approximate surface area is 124 Å². The third-order valence-electron chi connectivity index (χ3n) is 2.96. The molecule has 0 aromatic heterocycles. The lowest BCUT2D eigenvalue weighted by atomic mass is 10.2. The van der Waals surface area contributed by atoms with E-state index in [1.807, 2.05) is 6.92 Å². The lowest BCUT2D eigenvalue weighted by Crippen LogP contribution is -2.09. The van der Waals surface area contributed by atoms with Crippen molar-refractivity contribution in [3.63, 3.8) is 0 Å². The molecule has 2 rings (SSSR count). The molecule has 0 unspecified atom stereocenters. The van der Waals surface area contributed by atoms with Crippen LogP contribution in [0.1, 0.15) is 11.1 Å². The monoisotopic (exact) mass is 301 g/mol. The van der Waals surface area contributed by atoms with Crippen molar-refractivity contribution < 1.29 is 13.2 Å². The van der Waals surface area contributed by atoms with Crippen molar-refractivity contribution in [2.75, 3.05) is 0 Å². The molecule has 0 spiro atoms. The first-order chi connectivity index (χ1) is 10.1. The number of hydrogen-bond donors (Lipinski definition) is 1. The zero-order valence-corrected chi connectivity index (χ0v) is 12.3. The predicted octanol–water partition coefficient (Wildman–Crippen LogP) is 2.51. The van der Waals surface area contributed by atoms with Gasteiger partial charge in [-0.05, 0) is 24.6 Å². The highest BCUT2D eigenvalue weighted by Gasteiger charge is 2.22. The molecule has 0 fully saturated rings. The number of aryl methyl sites for hydroxylation is 1. The van der Waals surface area contributed by atoms with E-state index in [4.69, 9.17) is 0 Å². The molecule has 0 aliphatic carbocycles. The van der Waals surface area contributed by atoms with Crippen LogP contribution in [0.3, 0.4) is 0 Å². The maximum atomic E-state index is 12.7. The maximum absolute atomic E-state index is 12.7. The summed E-state index contributed by atoms with van der Waals surface area (Å²) in [7, 11) is -3.70. The van der Waals surface area contributed by atoms with Crippen LogP contribution < -0.4 is 5.32 Å². The zero-order chi connectivity index (χ0) is 15.3. The fraction of sp³-hybridized carbons (Fsp3) is 0.0625. The summed E-state index contributed by atoms with van der Waals surface area (Å²) in [5, 5.41) is 2.31. The lowest BCUT2D eigenvalue weighted by molar-refractivity contribution is -0.108. The topological polar surface area (TPSA) is 63.2 Å². The molecule has 1 amide bonds. The molecule has 0 aliphatic rings. The zero-order valence-electron chi connectivity index (χ0n) is 11.5. The largest absolute Gasteiger partial charge is 0.334 e. The molecule has 0 saturated carbocycles. The fourth-order valence-electron chi connectivity index (χ4n) is 1.87. The molecular weight excluding hydrogens is 286 g/mol. The van der Waals surface area contributed by atoms with Crippen LogP contribution in [-0.2, 0) is 14.6 Å². The smallest absolute Gasteiger partial charge is 0.211 e. The molecule has 0 saturated heterocycles. The molecule has 2 aromatic carbocycles. The number of sulfone groups is 1. The van der Waals surface area contributed by atoms with Crippen LogP contribution in [0.15, 0.2) is 65.7 Å². The minimum Gasteiger partial charge on any atom is -0.334 e. The van der Waals surface area contributed by atoms with E-state index in [-0.39, 0.29) is 9.80 Å². The summed E-state index contributed by atoms with van der Waals surface area (Å²) in [5.74, 6) is 0. The highest BCUT2D eigenvalue weighted by Crippen LogP contribution is 2.27. The van der Waals surface area contributed by atoms with Gasteiger partial charge in [0.1, 0.15) is 0 Å². The normalized spacial score (nSPS) is 12.0. The van der Waals surface area contributed by atoms with E-state index in [1.54, 1.807) is 54.6 Å². The van der Waals surface area contributed by atoms with Gasteiger partial charge in [-0.2, -0.15) is 0 Å². The van der Waals surface area contributed by atoms with Crippen molar-refractivity contribution in [1.82, 2.24) is 5.32 Å². The Morgan fingerprint density at radius 1 is 1.00 bits per heavy atom. The predicted molar refractivity (Wildman–Crippen MR) is 82.0 cm³/mol. The van der Waals surface area contributed by atoms with Gasteiger partial charge in [0.15, 0.2) is 0 Å². The molecule has 0 heterocycles. The fourth-order valence-corrected chi connectivity index (χ4v) is 3.29. The van der Waals surface area contributed by atoms with Gasteiger partial charge in [0.05, 0.1) is 9.80 Å². The Kier molecular flexibility index (Phi) is 4.55. The maximum Gasteiger partial charge on any atom is 0.211 e. The second-order valence-electron chi connectivity index (χ2n) is 4.48. The van der Waals surface area contributed by atoms with Crippen LogP contribution in [-0.4, -0.2) is 14.8 Å². The molecule has 4 nitrogen and oxygen atoms in total. The molecule has 21 heavy (non-hydrogen) atoms. The average Bonchev–Trinajstić information content (AvgIpc) is 2.49. The summed E-state index contributed by atoms with van der Waals surface area (Å²) in [6.07, 6.45) is 1.64. The van der Waals surface area contributed by atoms with Gasteiger partial charge in [-0.1, -0.05) is 48.0 Å². The summed E-state index contributed by atoms with van der Waals surface area (Å²) in [4.78, 5) is 10.7. The summed E-state index contributed by atoms with van der Waals surface area (Å²) in [6, 6.07) is 15.3. The minimum atomic E-state index is -3.70. The van der Waals surface area contributed by atoms with Gasteiger partial charge in [-0.15, -0.1) is 0 Å². The second-order valence-corrected chi connectivity index (χ2v) is 6.39. The van der Waals surface area contributed by atoms with E-state index in [0.717, 1.165) is 5.56 Å². The number of carbonyl (C=O) groups is 1. The van der Waals surface area contributed by atoms with Crippen LogP contribution in [0.5, 0.6) is 0 Å². The molecule has 0 atom stereocenters. The summed E-state index contributed by atoms with van der Waals surface area (Å²) < 4.78 is 25.5. The van der Waals surface area contributed by atoms with E-state index in [0.29, 0.717) is 12.0 Å². The summed E-state index contributed by atoms with van der Waals surface area (Å²) in [6.45, 7) is 1.89. The first kappa shape index (κ1) is 15.0. The van der Waals surface area contributed by atoms with Gasteiger partial charge < -0.3 is 5.32 Å². The first-order valence-electron chi connectivity index (χ1n) is 6.33. The van der Waals surface area contributed by atoms with Crippen LogP contribution >= 0.6 is 0 Å². The summed E-state index contributed by atoms with van der Waals surface area (Å²) in [5.41, 5.74) is 1.50. The van der Waals surface area contributed by atoms with Crippen molar-refractivity contribution >= 4 is 21.2 Å². The number of rotatable bonds is 5. The van der Waals surface area contributed by atoms with Crippen LogP contribution in [0.4, 0.5) is 0 Å². The van der Waals surface area contributed by atoms with Crippen molar-refractivity contribution in [2.45, 2.75) is 11.8 Å². The van der Waals surface area contributed by atoms with E-state index >= 15 is 0 Å². The number of amides is 1. The minimum absolute atomic E-state index is 0.0547. The van der Waals surface area contributed by atoms with Gasteiger partial charge in [0.25, 0.3) is 0 Å². The van der Waals surface area contributed by atoms with Crippen molar-refractivity contribution in [3.05, 3.63) is 71.9 Å². The highest BCUT2D eigenvalue weighted by atomic mass is 32.2. The number of carbonyl (C=O) groups excluding carboxylic acids is 1. The highest BCUT2D eigenvalue weighted by molar-refractivity contribution is 8.00. The lowest BCUT2D eigenvalue weighted by Gasteiger charge is -2.10. The van der Waals surface area contributed by atoms with E-state index in [1.165, 1.54) is 6.20 Å². The molecule has 0 radical (unpaired) electrons. The van der Waals surface area contributed by atoms with Crippen molar-refractivity contribution in [3.8, 4) is 0 Å². The Morgan fingerprint density at radius 2 is 1.62 bits per heavy atom. The van der Waals surface area contributed by atoms with E-state index < -0.39 is 9.84 Å². The van der Waals surface area contributed by atoms with Gasteiger partial charge >= 0.3 is 0 Å². The molecule has 0 bridgehead atoms. The van der Waals surface area contributed by atoms with Crippen LogP contribution in [0, 0.1) is 6.92 Å².